The van der Waals surface area contributed by atoms with Crippen molar-refractivity contribution in [3.8, 4) is 0 Å². The van der Waals surface area contributed by atoms with E-state index in [9.17, 15) is 4.79 Å². The Morgan fingerprint density at radius 3 is 2.10 bits per heavy atom. The van der Waals surface area contributed by atoms with Crippen molar-refractivity contribution >= 4 is 5.78 Å². The van der Waals surface area contributed by atoms with E-state index in [0.29, 0.717) is 12.2 Å². The second-order valence-corrected chi connectivity index (χ2v) is 6.05. The quantitative estimate of drug-likeness (QED) is 0.388. The molecule has 0 aliphatic rings. The molecule has 0 unspecified atom stereocenters. The summed E-state index contributed by atoms with van der Waals surface area (Å²) in [5.41, 5.74) is 0. The van der Waals surface area contributed by atoms with E-state index in [2.05, 4.69) is 6.92 Å². The summed E-state index contributed by atoms with van der Waals surface area (Å²) < 4.78 is 5.24. The SMILES string of the molecule is CCCCCCCCCCCCC(=O)CCc1ccco1. The number of carbonyl (C=O) groups excluding carboxylic acids is 1. The molecule has 0 aromatic carbocycles. The van der Waals surface area contributed by atoms with Crippen molar-refractivity contribution in [2.45, 2.75) is 90.4 Å². The van der Waals surface area contributed by atoms with E-state index in [-0.39, 0.29) is 0 Å². The highest BCUT2D eigenvalue weighted by Crippen LogP contribution is 2.12. The Morgan fingerprint density at radius 2 is 1.52 bits per heavy atom. The molecule has 0 amide bonds. The fourth-order valence-corrected chi connectivity index (χ4v) is 2.65. The highest BCUT2D eigenvalue weighted by molar-refractivity contribution is 5.78. The van der Waals surface area contributed by atoms with Crippen LogP contribution >= 0.6 is 0 Å². The number of hydrogen-bond acceptors (Lipinski definition) is 2. The van der Waals surface area contributed by atoms with Crippen LogP contribution in [-0.4, -0.2) is 5.78 Å². The Labute approximate surface area is 130 Å². The molecule has 0 aliphatic heterocycles. The standard InChI is InChI=1S/C19H32O2/c1-2-3-4-5-6-7-8-9-10-11-13-18(20)15-16-19-14-12-17-21-19/h12,14,17H,2-11,13,15-16H2,1H3. The summed E-state index contributed by atoms with van der Waals surface area (Å²) in [5.74, 6) is 1.30. The van der Waals surface area contributed by atoms with E-state index >= 15 is 0 Å². The molecule has 0 fully saturated rings. The number of rotatable bonds is 14. The molecule has 2 heteroatoms. The van der Waals surface area contributed by atoms with Crippen LogP contribution in [-0.2, 0) is 11.2 Å². The Kier molecular flexibility index (Phi) is 10.9. The summed E-state index contributed by atoms with van der Waals surface area (Å²) in [7, 11) is 0. The summed E-state index contributed by atoms with van der Waals surface area (Å²) >= 11 is 0. The maximum Gasteiger partial charge on any atom is 0.133 e. The van der Waals surface area contributed by atoms with Crippen LogP contribution in [0.1, 0.15) is 89.7 Å². The van der Waals surface area contributed by atoms with E-state index in [1.807, 2.05) is 12.1 Å². The van der Waals surface area contributed by atoms with Gasteiger partial charge < -0.3 is 4.42 Å². The Bertz CT molecular complexity index is 340. The van der Waals surface area contributed by atoms with Crippen LogP contribution in [0.15, 0.2) is 22.8 Å². The van der Waals surface area contributed by atoms with Gasteiger partial charge in [0.15, 0.2) is 0 Å². The van der Waals surface area contributed by atoms with E-state index in [1.54, 1.807) is 6.26 Å². The Morgan fingerprint density at radius 1 is 0.905 bits per heavy atom. The van der Waals surface area contributed by atoms with Gasteiger partial charge in [-0.15, -0.1) is 0 Å². The number of Topliss-reactive ketones (excluding diaryl/α,β-unsaturated/α-hetero) is 1. The number of aryl methyl sites for hydroxylation is 1. The van der Waals surface area contributed by atoms with Crippen molar-refractivity contribution in [3.63, 3.8) is 0 Å². The highest BCUT2D eigenvalue weighted by atomic mass is 16.3. The van der Waals surface area contributed by atoms with Gasteiger partial charge in [-0.05, 0) is 18.6 Å². The van der Waals surface area contributed by atoms with Gasteiger partial charge in [-0.1, -0.05) is 64.7 Å². The number of furan rings is 1. The molecule has 21 heavy (non-hydrogen) atoms. The summed E-state index contributed by atoms with van der Waals surface area (Å²) in [6.45, 7) is 2.26. The summed E-state index contributed by atoms with van der Waals surface area (Å²) in [5, 5.41) is 0. The van der Waals surface area contributed by atoms with Gasteiger partial charge in [0.05, 0.1) is 6.26 Å². The summed E-state index contributed by atoms with van der Waals surface area (Å²) in [6.07, 6.45) is 17.0. The first-order chi connectivity index (χ1) is 10.3. The molecule has 0 spiro atoms. The molecule has 0 saturated heterocycles. The van der Waals surface area contributed by atoms with Crippen molar-refractivity contribution < 1.29 is 9.21 Å². The summed E-state index contributed by atoms with van der Waals surface area (Å²) in [6, 6.07) is 3.82. The lowest BCUT2D eigenvalue weighted by Crippen LogP contribution is -1.99. The first kappa shape index (κ1) is 18.0. The third kappa shape index (κ3) is 10.3. The van der Waals surface area contributed by atoms with Gasteiger partial charge in [0.25, 0.3) is 0 Å². The van der Waals surface area contributed by atoms with E-state index in [0.717, 1.165) is 25.0 Å². The van der Waals surface area contributed by atoms with Crippen molar-refractivity contribution in [1.82, 2.24) is 0 Å². The molecule has 120 valence electrons. The fraction of sp³-hybridized carbons (Fsp3) is 0.737. The number of carbonyl (C=O) groups is 1. The molecule has 1 rings (SSSR count). The van der Waals surface area contributed by atoms with Gasteiger partial charge in [-0.25, -0.2) is 0 Å². The Balaban J connectivity index is 1.82. The molecule has 1 aromatic rings. The van der Waals surface area contributed by atoms with Crippen molar-refractivity contribution in [1.29, 1.82) is 0 Å². The molecule has 0 saturated carbocycles. The molecule has 1 aromatic heterocycles. The zero-order valence-corrected chi connectivity index (χ0v) is 13.7. The van der Waals surface area contributed by atoms with Crippen molar-refractivity contribution in [2.24, 2.45) is 0 Å². The second-order valence-electron chi connectivity index (χ2n) is 6.05. The molecule has 0 bridgehead atoms. The van der Waals surface area contributed by atoms with Gasteiger partial charge in [0.2, 0.25) is 0 Å². The number of ketones is 1. The normalized spacial score (nSPS) is 10.9. The number of hydrogen-bond donors (Lipinski definition) is 0. The molecule has 0 N–H and O–H groups in total. The van der Waals surface area contributed by atoms with Crippen molar-refractivity contribution in [2.75, 3.05) is 0 Å². The van der Waals surface area contributed by atoms with Gasteiger partial charge >= 0.3 is 0 Å². The lowest BCUT2D eigenvalue weighted by molar-refractivity contribution is -0.119. The predicted molar refractivity (Wildman–Crippen MR) is 88.5 cm³/mol. The summed E-state index contributed by atoms with van der Waals surface area (Å²) in [4.78, 5) is 11.7. The van der Waals surface area contributed by atoms with E-state index in [4.69, 9.17) is 4.42 Å². The monoisotopic (exact) mass is 292 g/mol. The first-order valence-corrected chi connectivity index (χ1v) is 8.87. The largest absolute Gasteiger partial charge is 0.469 e. The molecule has 1 heterocycles. The van der Waals surface area contributed by atoms with Crippen LogP contribution in [0.25, 0.3) is 0 Å². The maximum atomic E-state index is 11.7. The zero-order chi connectivity index (χ0) is 15.2. The molecule has 0 aliphatic carbocycles. The van der Waals surface area contributed by atoms with Crippen LogP contribution in [0.3, 0.4) is 0 Å². The van der Waals surface area contributed by atoms with Crippen molar-refractivity contribution in [3.05, 3.63) is 24.2 Å². The average molecular weight is 292 g/mol. The van der Waals surface area contributed by atoms with E-state index < -0.39 is 0 Å². The van der Waals surface area contributed by atoms with Gasteiger partial charge in [0, 0.05) is 19.3 Å². The highest BCUT2D eigenvalue weighted by Gasteiger charge is 2.04. The minimum atomic E-state index is 0.381. The maximum absolute atomic E-state index is 11.7. The van der Waals surface area contributed by atoms with E-state index in [1.165, 1.54) is 57.8 Å². The molecular weight excluding hydrogens is 260 g/mol. The van der Waals surface area contributed by atoms with Gasteiger partial charge in [-0.2, -0.15) is 0 Å². The minimum absolute atomic E-state index is 0.381. The van der Waals surface area contributed by atoms with Gasteiger partial charge in [-0.3, -0.25) is 4.79 Å². The van der Waals surface area contributed by atoms with Crippen LogP contribution < -0.4 is 0 Å². The number of unbranched alkanes of at least 4 members (excludes halogenated alkanes) is 9. The average Bonchev–Trinajstić information content (AvgIpc) is 3.00. The van der Waals surface area contributed by atoms with Crippen LogP contribution in [0.5, 0.6) is 0 Å². The predicted octanol–water partition coefficient (Wildman–Crippen LogP) is 6.09. The lowest BCUT2D eigenvalue weighted by atomic mass is 10.0. The molecule has 0 radical (unpaired) electrons. The second kappa shape index (κ2) is 12.7. The topological polar surface area (TPSA) is 30.2 Å². The molecule has 0 atom stereocenters. The third-order valence-electron chi connectivity index (χ3n) is 4.04. The van der Waals surface area contributed by atoms with Crippen LogP contribution in [0, 0.1) is 0 Å². The third-order valence-corrected chi connectivity index (χ3v) is 4.04. The van der Waals surface area contributed by atoms with Crippen LogP contribution in [0.4, 0.5) is 0 Å². The smallest absolute Gasteiger partial charge is 0.133 e. The molecule has 2 nitrogen and oxygen atoms in total. The zero-order valence-electron chi connectivity index (χ0n) is 13.7. The van der Waals surface area contributed by atoms with Crippen LogP contribution in [0.2, 0.25) is 0 Å². The first-order valence-electron chi connectivity index (χ1n) is 8.87. The fourth-order valence-electron chi connectivity index (χ4n) is 2.65. The minimum Gasteiger partial charge on any atom is -0.469 e. The Hall–Kier alpha value is -1.05. The van der Waals surface area contributed by atoms with Gasteiger partial charge in [0.1, 0.15) is 11.5 Å². The molecular formula is C19H32O2. The lowest BCUT2D eigenvalue weighted by Gasteiger charge is -2.02.